The lowest BCUT2D eigenvalue weighted by Crippen LogP contribution is -2.21. The molecule has 0 atom stereocenters. The van der Waals surface area contributed by atoms with Gasteiger partial charge in [0.05, 0.1) is 28.5 Å². The van der Waals surface area contributed by atoms with Gasteiger partial charge in [-0.05, 0) is 77.4 Å². The number of aryl methyl sites for hydroxylation is 2. The van der Waals surface area contributed by atoms with Crippen LogP contribution in [0.2, 0.25) is 0 Å². The topological polar surface area (TPSA) is 113 Å². The number of rotatable bonds is 10. The summed E-state index contributed by atoms with van der Waals surface area (Å²) in [7, 11) is 1.54. The molecule has 0 spiro atoms. The number of nitriles is 1. The minimum Gasteiger partial charge on any atom is -0.493 e. The van der Waals surface area contributed by atoms with Gasteiger partial charge in [0, 0.05) is 24.1 Å². The van der Waals surface area contributed by atoms with Gasteiger partial charge < -0.3 is 14.8 Å². The highest BCUT2D eigenvalue weighted by atomic mass is 127. The zero-order chi connectivity index (χ0) is 26.8. The van der Waals surface area contributed by atoms with Crippen molar-refractivity contribution >= 4 is 46.3 Å². The number of carbonyl (C=O) groups excluding carboxylic acids is 2. The van der Waals surface area contributed by atoms with E-state index in [1.165, 1.54) is 13.3 Å². The molecule has 0 aliphatic rings. The summed E-state index contributed by atoms with van der Waals surface area (Å²) < 4.78 is 12.2. The van der Waals surface area contributed by atoms with E-state index in [0.717, 1.165) is 25.9 Å². The molecule has 8 nitrogen and oxygen atoms in total. The molecule has 3 aromatic carbocycles. The van der Waals surface area contributed by atoms with Gasteiger partial charge in [0.2, 0.25) is 11.8 Å². The van der Waals surface area contributed by atoms with Crippen LogP contribution in [-0.4, -0.2) is 25.1 Å². The molecule has 0 radical (unpaired) electrons. The van der Waals surface area contributed by atoms with Gasteiger partial charge >= 0.3 is 0 Å². The van der Waals surface area contributed by atoms with Crippen LogP contribution >= 0.6 is 22.6 Å². The first-order chi connectivity index (χ1) is 17.8. The van der Waals surface area contributed by atoms with E-state index in [1.807, 2.05) is 50.2 Å². The van der Waals surface area contributed by atoms with E-state index in [0.29, 0.717) is 22.6 Å². The number of anilines is 1. The fraction of sp³-hybridized carbons (Fsp3) is 0.214. The summed E-state index contributed by atoms with van der Waals surface area (Å²) in [6, 6.07) is 18.8. The zero-order valence-corrected chi connectivity index (χ0v) is 23.0. The molecule has 0 aliphatic carbocycles. The van der Waals surface area contributed by atoms with Gasteiger partial charge in [0.15, 0.2) is 11.5 Å². The van der Waals surface area contributed by atoms with Crippen molar-refractivity contribution in [3.63, 3.8) is 0 Å². The number of ether oxygens (including phenoxy) is 2. The molecular weight excluding hydrogens is 583 g/mol. The molecule has 0 fully saturated rings. The Hall–Kier alpha value is -3.91. The summed E-state index contributed by atoms with van der Waals surface area (Å²) in [5.41, 5.74) is 7.22. The Morgan fingerprint density at radius 1 is 1.08 bits per heavy atom. The average molecular weight is 610 g/mol. The van der Waals surface area contributed by atoms with E-state index < -0.39 is 0 Å². The van der Waals surface area contributed by atoms with Gasteiger partial charge in [-0.2, -0.15) is 10.4 Å². The number of benzene rings is 3. The Labute approximate surface area is 229 Å². The Morgan fingerprint density at radius 3 is 2.59 bits per heavy atom. The van der Waals surface area contributed by atoms with Crippen LogP contribution in [0, 0.1) is 28.7 Å². The number of hydrogen-bond donors (Lipinski definition) is 2. The third kappa shape index (κ3) is 8.05. The maximum atomic E-state index is 12.2. The van der Waals surface area contributed by atoms with E-state index in [2.05, 4.69) is 44.5 Å². The molecule has 2 amide bonds. The maximum absolute atomic E-state index is 12.2. The smallest absolute Gasteiger partial charge is 0.240 e. The molecule has 2 N–H and O–H groups in total. The van der Waals surface area contributed by atoms with Crippen LogP contribution in [0.15, 0.2) is 59.7 Å². The second-order valence-corrected chi connectivity index (χ2v) is 9.41. The minimum atomic E-state index is -0.370. The largest absolute Gasteiger partial charge is 0.493 e. The summed E-state index contributed by atoms with van der Waals surface area (Å²) in [5.74, 6) is 0.439. The van der Waals surface area contributed by atoms with Gasteiger partial charge in [0.25, 0.3) is 0 Å². The standard InChI is InChI=1S/C28H27IN4O4/c1-18-8-9-19(2)24(12-18)32-26(34)10-11-27(35)33-31-16-20-13-23(29)28(25(14-20)36-3)37-17-22-7-5-4-6-21(22)15-30/h4-9,12-14,16H,10-11,17H2,1-3H3,(H,32,34)(H,33,35). The summed E-state index contributed by atoms with van der Waals surface area (Å²) in [6.45, 7) is 4.09. The number of methoxy groups -OCH3 is 1. The molecule has 37 heavy (non-hydrogen) atoms. The molecule has 0 unspecified atom stereocenters. The zero-order valence-electron chi connectivity index (χ0n) is 20.8. The van der Waals surface area contributed by atoms with E-state index in [-0.39, 0.29) is 31.3 Å². The van der Waals surface area contributed by atoms with E-state index in [9.17, 15) is 14.9 Å². The third-order valence-corrected chi connectivity index (χ3v) is 6.21. The monoisotopic (exact) mass is 610 g/mol. The Balaban J connectivity index is 1.54. The normalized spacial score (nSPS) is 10.6. The van der Waals surface area contributed by atoms with Gasteiger partial charge in [-0.1, -0.05) is 30.3 Å². The highest BCUT2D eigenvalue weighted by molar-refractivity contribution is 14.1. The van der Waals surface area contributed by atoms with Gasteiger partial charge in [0.1, 0.15) is 6.61 Å². The lowest BCUT2D eigenvalue weighted by atomic mass is 10.1. The predicted octanol–water partition coefficient (Wildman–Crippen LogP) is 5.24. The van der Waals surface area contributed by atoms with Crippen molar-refractivity contribution in [1.82, 2.24) is 5.43 Å². The number of carbonyl (C=O) groups is 2. The number of hydrazone groups is 1. The van der Waals surface area contributed by atoms with Crippen molar-refractivity contribution in [2.75, 3.05) is 12.4 Å². The first kappa shape index (κ1) is 27.7. The number of nitrogens with zero attached hydrogens (tertiary/aromatic N) is 2. The van der Waals surface area contributed by atoms with Crippen LogP contribution in [0.1, 0.15) is 40.7 Å². The minimum absolute atomic E-state index is 0.00579. The van der Waals surface area contributed by atoms with Crippen molar-refractivity contribution in [3.05, 3.63) is 86.0 Å². The van der Waals surface area contributed by atoms with E-state index in [1.54, 1.807) is 18.2 Å². The number of halogens is 1. The fourth-order valence-electron chi connectivity index (χ4n) is 3.40. The molecule has 190 valence electrons. The Kier molecular flexibility index (Phi) is 10.0. The first-order valence-electron chi connectivity index (χ1n) is 11.5. The van der Waals surface area contributed by atoms with Crippen LogP contribution in [-0.2, 0) is 16.2 Å². The van der Waals surface area contributed by atoms with Crippen LogP contribution in [0.4, 0.5) is 5.69 Å². The molecule has 0 aromatic heterocycles. The van der Waals surface area contributed by atoms with Crippen molar-refractivity contribution < 1.29 is 19.1 Å². The molecule has 0 saturated heterocycles. The van der Waals surface area contributed by atoms with Crippen LogP contribution in [0.5, 0.6) is 11.5 Å². The first-order valence-corrected chi connectivity index (χ1v) is 12.6. The average Bonchev–Trinajstić information content (AvgIpc) is 2.88. The van der Waals surface area contributed by atoms with Crippen molar-refractivity contribution in [1.29, 1.82) is 5.26 Å². The molecule has 3 aromatic rings. The van der Waals surface area contributed by atoms with Crippen molar-refractivity contribution in [3.8, 4) is 17.6 Å². The highest BCUT2D eigenvalue weighted by Gasteiger charge is 2.13. The number of hydrogen-bond acceptors (Lipinski definition) is 6. The van der Waals surface area contributed by atoms with E-state index >= 15 is 0 Å². The molecule has 9 heteroatoms. The van der Waals surface area contributed by atoms with Crippen LogP contribution < -0.4 is 20.2 Å². The van der Waals surface area contributed by atoms with Gasteiger partial charge in [-0.15, -0.1) is 0 Å². The summed E-state index contributed by atoms with van der Waals surface area (Å²) >= 11 is 2.13. The van der Waals surface area contributed by atoms with Gasteiger partial charge in [-0.3, -0.25) is 9.59 Å². The van der Waals surface area contributed by atoms with Crippen LogP contribution in [0.3, 0.4) is 0 Å². The molecule has 0 heterocycles. The molecule has 0 aliphatic heterocycles. The third-order valence-electron chi connectivity index (χ3n) is 5.41. The van der Waals surface area contributed by atoms with Gasteiger partial charge in [-0.25, -0.2) is 5.43 Å². The van der Waals surface area contributed by atoms with Crippen molar-refractivity contribution in [2.24, 2.45) is 5.10 Å². The number of amides is 2. The Bertz CT molecular complexity index is 1360. The van der Waals surface area contributed by atoms with E-state index in [4.69, 9.17) is 9.47 Å². The quantitative estimate of drug-likeness (QED) is 0.185. The number of nitrogens with one attached hydrogen (secondary N) is 2. The molecule has 0 bridgehead atoms. The summed E-state index contributed by atoms with van der Waals surface area (Å²) in [4.78, 5) is 24.4. The lowest BCUT2D eigenvalue weighted by Gasteiger charge is -2.14. The second kappa shape index (κ2) is 13.4. The Morgan fingerprint density at radius 2 is 1.84 bits per heavy atom. The molecule has 3 rings (SSSR count). The highest BCUT2D eigenvalue weighted by Crippen LogP contribution is 2.34. The molecule has 0 saturated carbocycles. The lowest BCUT2D eigenvalue weighted by molar-refractivity contribution is -0.124. The van der Waals surface area contributed by atoms with Crippen LogP contribution in [0.25, 0.3) is 0 Å². The SMILES string of the molecule is COc1cc(C=NNC(=O)CCC(=O)Nc2cc(C)ccc2C)cc(I)c1OCc1ccccc1C#N. The second-order valence-electron chi connectivity index (χ2n) is 8.25. The summed E-state index contributed by atoms with van der Waals surface area (Å²) in [6.07, 6.45) is 1.54. The maximum Gasteiger partial charge on any atom is 0.240 e. The fourth-order valence-corrected chi connectivity index (χ4v) is 4.19. The predicted molar refractivity (Wildman–Crippen MR) is 151 cm³/mol. The van der Waals surface area contributed by atoms with Crippen molar-refractivity contribution in [2.45, 2.75) is 33.3 Å². The summed E-state index contributed by atoms with van der Waals surface area (Å²) in [5, 5.41) is 16.1. The molecular formula is C28H27IN4O4.